The lowest BCUT2D eigenvalue weighted by Crippen LogP contribution is -2.32. The standard InChI is InChI=1S/C28H38N4O7/c1-2-30-26(36)13-16-32-25(35)11-7-14-31-27(37)12-15-29-19-20(33)8-5-6-17-39-24-18-23(34)28(38)22-10-4-3-9-21(22)24/h3-4,9-10,18,29H,2,5-8,11-17,19H2,1H3,(H,30,36)(H,31,37)(H,32,35). The molecule has 1 aliphatic carbocycles. The van der Waals surface area contributed by atoms with E-state index in [0.29, 0.717) is 68.8 Å². The lowest BCUT2D eigenvalue weighted by atomic mass is 9.94. The molecule has 1 aliphatic rings. The number of carbonyl (C=O) groups is 6. The average Bonchev–Trinajstić information content (AvgIpc) is 2.91. The molecule has 11 heteroatoms. The van der Waals surface area contributed by atoms with Gasteiger partial charge < -0.3 is 26.0 Å². The van der Waals surface area contributed by atoms with E-state index in [1.54, 1.807) is 24.3 Å². The molecule has 0 unspecified atom stereocenters. The van der Waals surface area contributed by atoms with Crippen molar-refractivity contribution in [2.75, 3.05) is 39.3 Å². The number of ketones is 3. The predicted molar refractivity (Wildman–Crippen MR) is 145 cm³/mol. The molecular weight excluding hydrogens is 504 g/mol. The van der Waals surface area contributed by atoms with Gasteiger partial charge in [0.15, 0.2) is 0 Å². The summed E-state index contributed by atoms with van der Waals surface area (Å²) in [5, 5.41) is 11.0. The Kier molecular flexibility index (Phi) is 14.2. The van der Waals surface area contributed by atoms with Crippen molar-refractivity contribution in [3.05, 3.63) is 41.5 Å². The largest absolute Gasteiger partial charge is 0.493 e. The molecule has 0 fully saturated rings. The van der Waals surface area contributed by atoms with E-state index in [1.165, 1.54) is 6.08 Å². The molecule has 1 aromatic carbocycles. The second kappa shape index (κ2) is 17.6. The van der Waals surface area contributed by atoms with Crippen molar-refractivity contribution in [3.63, 3.8) is 0 Å². The Labute approximate surface area is 228 Å². The third-order valence-corrected chi connectivity index (χ3v) is 5.83. The van der Waals surface area contributed by atoms with E-state index >= 15 is 0 Å². The number of rotatable bonds is 19. The number of unbranched alkanes of at least 4 members (excludes halogenated alkanes) is 1. The monoisotopic (exact) mass is 542 g/mol. The first-order valence-electron chi connectivity index (χ1n) is 13.4. The van der Waals surface area contributed by atoms with E-state index < -0.39 is 11.6 Å². The van der Waals surface area contributed by atoms with E-state index in [0.717, 1.165) is 0 Å². The average molecular weight is 543 g/mol. The van der Waals surface area contributed by atoms with Gasteiger partial charge in [0.05, 0.1) is 13.2 Å². The number of carbonyl (C=O) groups excluding carboxylic acids is 6. The molecule has 0 aliphatic heterocycles. The minimum atomic E-state index is -0.604. The molecule has 0 radical (unpaired) electrons. The van der Waals surface area contributed by atoms with Gasteiger partial charge in [0, 0.05) is 69.1 Å². The molecule has 0 heterocycles. The van der Waals surface area contributed by atoms with Crippen LogP contribution in [0.25, 0.3) is 5.76 Å². The molecule has 0 spiro atoms. The highest BCUT2D eigenvalue weighted by Gasteiger charge is 2.26. The number of ether oxygens (including phenoxy) is 1. The van der Waals surface area contributed by atoms with E-state index in [4.69, 9.17) is 4.74 Å². The van der Waals surface area contributed by atoms with E-state index in [-0.39, 0.29) is 55.9 Å². The number of fused-ring (bicyclic) bond motifs is 1. The Morgan fingerprint density at radius 1 is 0.744 bits per heavy atom. The number of benzene rings is 1. The lowest BCUT2D eigenvalue weighted by molar-refractivity contribution is -0.123. The quantitative estimate of drug-likeness (QED) is 0.149. The summed E-state index contributed by atoms with van der Waals surface area (Å²) in [6.07, 6.45) is 4.01. The Balaban J connectivity index is 1.46. The minimum absolute atomic E-state index is 0.0246. The Morgan fingerprint density at radius 2 is 1.41 bits per heavy atom. The van der Waals surface area contributed by atoms with Crippen molar-refractivity contribution in [2.24, 2.45) is 0 Å². The minimum Gasteiger partial charge on any atom is -0.493 e. The van der Waals surface area contributed by atoms with Gasteiger partial charge in [0.25, 0.3) is 0 Å². The molecule has 3 amide bonds. The van der Waals surface area contributed by atoms with E-state index in [2.05, 4.69) is 21.3 Å². The zero-order chi connectivity index (χ0) is 28.5. The fourth-order valence-electron chi connectivity index (χ4n) is 3.79. The van der Waals surface area contributed by atoms with Crippen molar-refractivity contribution >= 4 is 40.8 Å². The van der Waals surface area contributed by atoms with Crippen LogP contribution in [0.2, 0.25) is 0 Å². The Bertz CT molecular complexity index is 1070. The maximum Gasteiger partial charge on any atom is 0.233 e. The van der Waals surface area contributed by atoms with Crippen LogP contribution in [0.4, 0.5) is 0 Å². The van der Waals surface area contributed by atoms with Crippen LogP contribution >= 0.6 is 0 Å². The summed E-state index contributed by atoms with van der Waals surface area (Å²) >= 11 is 0. The van der Waals surface area contributed by atoms with Gasteiger partial charge in [-0.25, -0.2) is 0 Å². The smallest absolute Gasteiger partial charge is 0.233 e. The molecule has 39 heavy (non-hydrogen) atoms. The van der Waals surface area contributed by atoms with Gasteiger partial charge in [0.1, 0.15) is 11.5 Å². The molecule has 1 aromatic rings. The number of amides is 3. The molecule has 2 rings (SSSR count). The summed E-state index contributed by atoms with van der Waals surface area (Å²) in [5.74, 6) is -1.18. The molecule has 0 saturated heterocycles. The van der Waals surface area contributed by atoms with Gasteiger partial charge in [-0.15, -0.1) is 0 Å². The van der Waals surface area contributed by atoms with Crippen LogP contribution in [0.15, 0.2) is 30.3 Å². The zero-order valence-corrected chi connectivity index (χ0v) is 22.4. The van der Waals surface area contributed by atoms with Gasteiger partial charge in [-0.05, 0) is 26.2 Å². The van der Waals surface area contributed by atoms with Crippen molar-refractivity contribution in [2.45, 2.75) is 51.9 Å². The van der Waals surface area contributed by atoms with Gasteiger partial charge in [-0.2, -0.15) is 0 Å². The molecule has 0 atom stereocenters. The van der Waals surface area contributed by atoms with E-state index in [1.807, 2.05) is 6.92 Å². The van der Waals surface area contributed by atoms with Crippen molar-refractivity contribution < 1.29 is 33.5 Å². The van der Waals surface area contributed by atoms with Crippen LogP contribution in [-0.2, 0) is 28.7 Å². The van der Waals surface area contributed by atoms with Crippen LogP contribution in [0.1, 0.15) is 67.8 Å². The van der Waals surface area contributed by atoms with Gasteiger partial charge >= 0.3 is 0 Å². The van der Waals surface area contributed by atoms with Crippen LogP contribution in [0, 0.1) is 0 Å². The SMILES string of the molecule is CCNC(=O)CCNC(=O)CCCNC(=O)CCNCC(=O)CCCCOC1=CC(=O)C(=O)c2ccccc21. The Hall–Kier alpha value is -3.86. The van der Waals surface area contributed by atoms with Crippen LogP contribution in [0.5, 0.6) is 0 Å². The molecule has 0 bridgehead atoms. The number of Topliss-reactive ketones (excluding diaryl/α,β-unsaturated/α-hetero) is 2. The first-order valence-corrected chi connectivity index (χ1v) is 13.4. The third-order valence-electron chi connectivity index (χ3n) is 5.83. The number of hydrogen-bond acceptors (Lipinski definition) is 8. The molecular formula is C28H38N4O7. The Morgan fingerprint density at radius 3 is 2.18 bits per heavy atom. The van der Waals surface area contributed by atoms with Crippen LogP contribution < -0.4 is 21.3 Å². The third kappa shape index (κ3) is 12.0. The van der Waals surface area contributed by atoms with Crippen molar-refractivity contribution in [1.82, 2.24) is 21.3 Å². The summed E-state index contributed by atoms with van der Waals surface area (Å²) in [4.78, 5) is 70.8. The topological polar surface area (TPSA) is 160 Å². The van der Waals surface area contributed by atoms with E-state index in [9.17, 15) is 28.8 Å². The summed E-state index contributed by atoms with van der Waals surface area (Å²) in [6, 6.07) is 6.81. The van der Waals surface area contributed by atoms with Crippen LogP contribution in [0.3, 0.4) is 0 Å². The maximum atomic E-state index is 12.1. The lowest BCUT2D eigenvalue weighted by Gasteiger charge is -2.16. The second-order valence-electron chi connectivity index (χ2n) is 9.03. The normalized spacial score (nSPS) is 12.3. The van der Waals surface area contributed by atoms with Crippen molar-refractivity contribution in [3.8, 4) is 0 Å². The van der Waals surface area contributed by atoms with Gasteiger partial charge in [-0.3, -0.25) is 28.8 Å². The zero-order valence-electron chi connectivity index (χ0n) is 22.4. The van der Waals surface area contributed by atoms with Gasteiger partial charge in [0.2, 0.25) is 29.3 Å². The summed E-state index contributed by atoms with van der Waals surface area (Å²) < 4.78 is 5.70. The molecule has 4 N–H and O–H groups in total. The molecule has 0 saturated carbocycles. The highest BCUT2D eigenvalue weighted by atomic mass is 16.5. The molecule has 0 aromatic heterocycles. The van der Waals surface area contributed by atoms with Gasteiger partial charge in [-0.1, -0.05) is 24.3 Å². The summed E-state index contributed by atoms with van der Waals surface area (Å²) in [6.45, 7) is 3.89. The number of hydrogen-bond donors (Lipinski definition) is 4. The molecule has 11 nitrogen and oxygen atoms in total. The number of nitrogens with one attached hydrogen (secondary N) is 4. The van der Waals surface area contributed by atoms with Crippen molar-refractivity contribution in [1.29, 1.82) is 0 Å². The fourth-order valence-corrected chi connectivity index (χ4v) is 3.79. The number of allylic oxidation sites excluding steroid dienone is 1. The highest BCUT2D eigenvalue weighted by Crippen LogP contribution is 2.26. The highest BCUT2D eigenvalue weighted by molar-refractivity contribution is 6.50. The summed E-state index contributed by atoms with van der Waals surface area (Å²) in [7, 11) is 0. The van der Waals surface area contributed by atoms with Crippen LogP contribution in [-0.4, -0.2) is 74.4 Å². The fraction of sp³-hybridized carbons (Fsp3) is 0.500. The summed E-state index contributed by atoms with van der Waals surface area (Å²) in [5.41, 5.74) is 0.936. The maximum absolute atomic E-state index is 12.1. The predicted octanol–water partition coefficient (Wildman–Crippen LogP) is 1.07. The first-order chi connectivity index (χ1) is 18.8. The second-order valence-corrected chi connectivity index (χ2v) is 9.03. The molecule has 212 valence electrons. The first kappa shape index (κ1) is 31.4.